The van der Waals surface area contributed by atoms with Crippen LogP contribution in [0.1, 0.15) is 16.9 Å². The third-order valence-corrected chi connectivity index (χ3v) is 5.93. The number of aromatic hydroxyl groups is 1. The molecule has 2 aliphatic heterocycles. The van der Waals surface area contributed by atoms with Crippen molar-refractivity contribution < 1.29 is 5.11 Å². The van der Waals surface area contributed by atoms with E-state index in [0.717, 1.165) is 53.1 Å². The summed E-state index contributed by atoms with van der Waals surface area (Å²) >= 11 is 1.56. The van der Waals surface area contributed by atoms with Crippen LogP contribution in [0.15, 0.2) is 23.2 Å². The Hall–Kier alpha value is -1.92. The Balaban J connectivity index is 1.66. The minimum absolute atomic E-state index is 0.124. The predicted molar refractivity (Wildman–Crippen MR) is 97.4 cm³/mol. The largest absolute Gasteiger partial charge is 0.492 e. The van der Waals surface area contributed by atoms with Crippen molar-refractivity contribution in [3.8, 4) is 5.88 Å². The molecule has 0 unspecified atom stereocenters. The number of hydrogen-bond acceptors (Lipinski definition) is 6. The Bertz CT molecular complexity index is 874. The molecule has 0 aliphatic carbocycles. The molecule has 1 atom stereocenters. The quantitative estimate of drug-likeness (QED) is 0.904. The van der Waals surface area contributed by atoms with Crippen LogP contribution in [0.4, 0.5) is 5.13 Å². The molecule has 2 aromatic rings. The third kappa shape index (κ3) is 2.80. The highest BCUT2D eigenvalue weighted by atomic mass is 32.1. The molecular formula is C18H22N4OS. The number of hydrogen-bond donors (Lipinski definition) is 1. The van der Waals surface area contributed by atoms with Gasteiger partial charge in [-0.1, -0.05) is 29.5 Å². The van der Waals surface area contributed by atoms with Crippen LogP contribution in [0.25, 0.3) is 6.08 Å². The van der Waals surface area contributed by atoms with Gasteiger partial charge < -0.3 is 14.9 Å². The van der Waals surface area contributed by atoms with Crippen molar-refractivity contribution in [3.05, 3.63) is 39.2 Å². The normalized spacial score (nSPS) is 20.7. The summed E-state index contributed by atoms with van der Waals surface area (Å²) in [5.41, 5.74) is 1.29. The maximum Gasteiger partial charge on any atom is 0.231 e. The van der Waals surface area contributed by atoms with E-state index in [1.54, 1.807) is 11.3 Å². The fraction of sp³-hybridized carbons (Fsp3) is 0.444. The molecule has 0 bridgehead atoms. The van der Waals surface area contributed by atoms with Gasteiger partial charge in [0.15, 0.2) is 5.13 Å². The number of fused-ring (bicyclic) bond motifs is 1. The Morgan fingerprint density at radius 3 is 3.04 bits per heavy atom. The van der Waals surface area contributed by atoms with Crippen LogP contribution in [0, 0.1) is 0 Å². The number of nitrogens with zero attached hydrogens (tertiary/aromatic N) is 4. The number of rotatable bonds is 3. The number of anilines is 1. The molecule has 0 spiro atoms. The lowest BCUT2D eigenvalue weighted by Gasteiger charge is -2.19. The molecule has 126 valence electrons. The van der Waals surface area contributed by atoms with Gasteiger partial charge in [0.05, 0.1) is 10.2 Å². The van der Waals surface area contributed by atoms with Gasteiger partial charge in [0.1, 0.15) is 0 Å². The first-order valence-corrected chi connectivity index (χ1v) is 9.19. The fourth-order valence-corrected chi connectivity index (χ4v) is 4.38. The molecule has 2 aliphatic rings. The average molecular weight is 342 g/mol. The summed E-state index contributed by atoms with van der Waals surface area (Å²) in [6, 6.07) is 6.81. The number of aromatic nitrogens is 1. The second-order valence-corrected chi connectivity index (χ2v) is 7.68. The summed E-state index contributed by atoms with van der Waals surface area (Å²) < 4.78 is 0. The zero-order valence-electron chi connectivity index (χ0n) is 14.1. The topological polar surface area (TPSA) is 52.0 Å². The smallest absolute Gasteiger partial charge is 0.231 e. The van der Waals surface area contributed by atoms with Crippen molar-refractivity contribution >= 4 is 22.5 Å². The first-order chi connectivity index (χ1) is 11.6. The van der Waals surface area contributed by atoms with Gasteiger partial charge in [-0.25, -0.2) is 0 Å². The molecule has 1 saturated heterocycles. The average Bonchev–Trinajstić information content (AvgIpc) is 3.27. The monoisotopic (exact) mass is 342 g/mol. The summed E-state index contributed by atoms with van der Waals surface area (Å²) in [6.07, 6.45) is 4.16. The Kier molecular flexibility index (Phi) is 4.02. The Morgan fingerprint density at radius 2 is 2.25 bits per heavy atom. The third-order valence-electron chi connectivity index (χ3n) is 4.88. The number of likely N-dealkylation sites (N-methyl/N-ethyl adjacent to an activating group) is 1. The van der Waals surface area contributed by atoms with Gasteiger partial charge in [-0.05, 0) is 38.6 Å². The van der Waals surface area contributed by atoms with Crippen molar-refractivity contribution in [2.45, 2.75) is 18.9 Å². The van der Waals surface area contributed by atoms with Gasteiger partial charge >= 0.3 is 0 Å². The van der Waals surface area contributed by atoms with Crippen LogP contribution >= 0.6 is 11.3 Å². The summed E-state index contributed by atoms with van der Waals surface area (Å²) in [6.45, 7) is 2.82. The molecular weight excluding hydrogens is 320 g/mol. The summed E-state index contributed by atoms with van der Waals surface area (Å²) in [5, 5.41) is 13.3. The van der Waals surface area contributed by atoms with Crippen LogP contribution in [-0.4, -0.2) is 54.8 Å². The second-order valence-electron chi connectivity index (χ2n) is 6.67. The molecule has 1 fully saturated rings. The molecule has 0 saturated carbocycles. The molecule has 1 N–H and O–H groups in total. The Labute approximate surface area is 145 Å². The summed E-state index contributed by atoms with van der Waals surface area (Å²) in [5.74, 6) is 0.124. The SMILES string of the molecule is CN(C)[C@H]1CCN(c2nc(O)c(/C=c3/cccc4c3=NCC4)s2)C1. The second kappa shape index (κ2) is 6.18. The van der Waals surface area contributed by atoms with E-state index in [1.165, 1.54) is 5.56 Å². The van der Waals surface area contributed by atoms with E-state index in [2.05, 4.69) is 52.1 Å². The van der Waals surface area contributed by atoms with E-state index in [9.17, 15) is 5.11 Å². The van der Waals surface area contributed by atoms with Gasteiger partial charge in [-0.2, -0.15) is 4.98 Å². The number of benzene rings is 1. The van der Waals surface area contributed by atoms with Crippen molar-refractivity contribution in [2.24, 2.45) is 4.99 Å². The number of thiazole rings is 1. The van der Waals surface area contributed by atoms with Crippen LogP contribution in [0.5, 0.6) is 5.88 Å². The first kappa shape index (κ1) is 15.6. The van der Waals surface area contributed by atoms with E-state index in [0.29, 0.717) is 6.04 Å². The van der Waals surface area contributed by atoms with Gasteiger partial charge in [-0.3, -0.25) is 4.99 Å². The van der Waals surface area contributed by atoms with Crippen molar-refractivity contribution in [2.75, 3.05) is 38.6 Å². The molecule has 6 heteroatoms. The standard InChI is InChI=1S/C18H22N4OS/c1-21(2)14-7-9-22(11-14)18-20-17(23)15(24-18)10-13-5-3-4-12-6-8-19-16(12)13/h3-5,10,14,23H,6-9,11H2,1-2H3/b13-10-/t14-/m0/s1. The van der Waals surface area contributed by atoms with Gasteiger partial charge in [0.2, 0.25) is 5.88 Å². The molecule has 24 heavy (non-hydrogen) atoms. The molecule has 5 nitrogen and oxygen atoms in total. The van der Waals surface area contributed by atoms with Crippen molar-refractivity contribution in [3.63, 3.8) is 0 Å². The van der Waals surface area contributed by atoms with Gasteiger partial charge in [0.25, 0.3) is 0 Å². The summed E-state index contributed by atoms with van der Waals surface area (Å²) in [7, 11) is 4.23. The van der Waals surface area contributed by atoms with Crippen LogP contribution in [0.2, 0.25) is 0 Å². The van der Waals surface area contributed by atoms with Crippen LogP contribution < -0.4 is 15.5 Å². The molecule has 1 aromatic heterocycles. The molecule has 0 amide bonds. The molecule has 1 aromatic carbocycles. The highest BCUT2D eigenvalue weighted by Crippen LogP contribution is 2.33. The maximum absolute atomic E-state index is 10.3. The molecule has 3 heterocycles. The van der Waals surface area contributed by atoms with E-state index in [1.807, 2.05) is 6.08 Å². The summed E-state index contributed by atoms with van der Waals surface area (Å²) in [4.78, 5) is 14.3. The van der Waals surface area contributed by atoms with Crippen molar-refractivity contribution in [1.82, 2.24) is 9.88 Å². The first-order valence-electron chi connectivity index (χ1n) is 8.37. The van der Waals surface area contributed by atoms with E-state index in [4.69, 9.17) is 0 Å². The van der Waals surface area contributed by atoms with Crippen LogP contribution in [0.3, 0.4) is 0 Å². The zero-order valence-corrected chi connectivity index (χ0v) is 14.9. The van der Waals surface area contributed by atoms with Crippen molar-refractivity contribution in [1.29, 1.82) is 0 Å². The highest BCUT2D eigenvalue weighted by Gasteiger charge is 2.26. The molecule has 0 radical (unpaired) electrons. The zero-order chi connectivity index (χ0) is 16.7. The lowest BCUT2D eigenvalue weighted by molar-refractivity contribution is 0.315. The van der Waals surface area contributed by atoms with E-state index >= 15 is 0 Å². The fourth-order valence-electron chi connectivity index (χ4n) is 3.43. The minimum Gasteiger partial charge on any atom is -0.492 e. The Morgan fingerprint density at radius 1 is 1.38 bits per heavy atom. The van der Waals surface area contributed by atoms with E-state index < -0.39 is 0 Å². The maximum atomic E-state index is 10.3. The minimum atomic E-state index is 0.124. The lowest BCUT2D eigenvalue weighted by atomic mass is 10.1. The molecule has 4 rings (SSSR count). The lowest BCUT2D eigenvalue weighted by Crippen LogP contribution is -2.31. The number of para-hydroxylation sites is 1. The van der Waals surface area contributed by atoms with E-state index in [-0.39, 0.29) is 5.88 Å². The highest BCUT2D eigenvalue weighted by molar-refractivity contribution is 7.16. The van der Waals surface area contributed by atoms with Crippen LogP contribution in [-0.2, 0) is 6.42 Å². The van der Waals surface area contributed by atoms with Gasteiger partial charge in [0, 0.05) is 30.9 Å². The predicted octanol–water partition coefficient (Wildman–Crippen LogP) is 0.993. The van der Waals surface area contributed by atoms with Gasteiger partial charge in [-0.15, -0.1) is 0 Å².